The first-order valence-corrected chi connectivity index (χ1v) is 12.8. The summed E-state index contributed by atoms with van der Waals surface area (Å²) in [6.07, 6.45) is 1.68. The van der Waals surface area contributed by atoms with Crippen molar-refractivity contribution in [2.24, 2.45) is 7.05 Å². The van der Waals surface area contributed by atoms with Crippen LogP contribution in [-0.4, -0.2) is 53.0 Å². The minimum absolute atomic E-state index is 0.0614. The number of hydrogen-bond donors (Lipinski definition) is 2. The molecule has 0 saturated heterocycles. The Balaban J connectivity index is 0.000000211. The number of nitrogens with one attached hydrogen (secondary N) is 1. The van der Waals surface area contributed by atoms with Gasteiger partial charge in [-0.2, -0.15) is 5.10 Å². The fourth-order valence-corrected chi connectivity index (χ4v) is 4.18. The summed E-state index contributed by atoms with van der Waals surface area (Å²) in [5.41, 5.74) is 4.16. The smallest absolute Gasteiger partial charge is 0.307 e. The summed E-state index contributed by atoms with van der Waals surface area (Å²) < 4.78 is 7.93. The first kappa shape index (κ1) is 29.2. The van der Waals surface area contributed by atoms with Gasteiger partial charge in [0.1, 0.15) is 6.10 Å². The van der Waals surface area contributed by atoms with Crippen LogP contribution in [0, 0.1) is 0 Å². The molecule has 4 aromatic rings. The van der Waals surface area contributed by atoms with Gasteiger partial charge in [0, 0.05) is 25.5 Å². The predicted octanol–water partition coefficient (Wildman–Crippen LogP) is 6.45. The molecule has 0 amide bonds. The molecular weight excluding hydrogens is 523 g/mol. The summed E-state index contributed by atoms with van der Waals surface area (Å²) in [5, 5.41) is 17.2. The highest BCUT2D eigenvalue weighted by Crippen LogP contribution is 2.33. The van der Waals surface area contributed by atoms with Crippen LogP contribution in [0.25, 0.3) is 0 Å². The Morgan fingerprint density at radius 2 is 1.66 bits per heavy atom. The normalized spacial score (nSPS) is 11.5. The van der Waals surface area contributed by atoms with E-state index in [1.54, 1.807) is 42.6 Å². The molecule has 1 aromatic heterocycles. The molecule has 1 atom stereocenters. The van der Waals surface area contributed by atoms with Gasteiger partial charge in [0.2, 0.25) is 0 Å². The molecule has 0 spiro atoms. The number of nitrogens with zero attached hydrogens (tertiary/aromatic N) is 3. The first-order chi connectivity index (χ1) is 18.3. The van der Waals surface area contributed by atoms with Crippen molar-refractivity contribution in [3.8, 4) is 0 Å². The van der Waals surface area contributed by atoms with E-state index in [-0.39, 0.29) is 12.5 Å². The molecule has 4 rings (SSSR count). The average molecular weight is 556 g/mol. The number of rotatable bonds is 10. The van der Waals surface area contributed by atoms with Crippen molar-refractivity contribution in [3.05, 3.63) is 112 Å². The van der Waals surface area contributed by atoms with Gasteiger partial charge in [-0.1, -0.05) is 77.8 Å². The molecule has 7 nitrogen and oxygen atoms in total. The third kappa shape index (κ3) is 8.60. The quantitative estimate of drug-likeness (QED) is 0.234. The number of para-hydroxylation sites is 2. The maximum absolute atomic E-state index is 10.8. The lowest BCUT2D eigenvalue weighted by Gasteiger charge is -2.20. The Bertz CT molecular complexity index is 1290. The van der Waals surface area contributed by atoms with Crippen molar-refractivity contribution in [3.63, 3.8) is 0 Å². The number of benzene rings is 3. The second-order valence-electron chi connectivity index (χ2n) is 8.79. The number of carboxylic acid groups (broad SMARTS) is 1. The topological polar surface area (TPSA) is 79.6 Å². The van der Waals surface area contributed by atoms with Crippen molar-refractivity contribution in [1.82, 2.24) is 14.7 Å². The number of likely N-dealkylation sites (N-methyl/N-ethyl adjacent to an activating group) is 1. The van der Waals surface area contributed by atoms with Crippen LogP contribution in [0.1, 0.15) is 22.9 Å². The molecule has 0 radical (unpaired) electrons. The molecule has 3 aromatic carbocycles. The van der Waals surface area contributed by atoms with Crippen LogP contribution in [0.15, 0.2) is 85.1 Å². The highest BCUT2D eigenvalue weighted by molar-refractivity contribution is 6.39. The minimum atomic E-state index is -0.889. The maximum atomic E-state index is 10.8. The second-order valence-corrected chi connectivity index (χ2v) is 9.61. The van der Waals surface area contributed by atoms with Gasteiger partial charge in [0.05, 0.1) is 34.5 Å². The van der Waals surface area contributed by atoms with Crippen molar-refractivity contribution >= 4 is 40.5 Å². The van der Waals surface area contributed by atoms with Gasteiger partial charge in [0.15, 0.2) is 0 Å². The van der Waals surface area contributed by atoms with Crippen LogP contribution in [0.5, 0.6) is 0 Å². The van der Waals surface area contributed by atoms with E-state index in [0.29, 0.717) is 33.6 Å². The summed E-state index contributed by atoms with van der Waals surface area (Å²) in [7, 11) is 6.04. The molecule has 1 heterocycles. The number of carboxylic acids is 1. The van der Waals surface area contributed by atoms with E-state index < -0.39 is 5.97 Å². The van der Waals surface area contributed by atoms with E-state index in [2.05, 4.69) is 27.4 Å². The highest BCUT2D eigenvalue weighted by Gasteiger charge is 2.17. The zero-order valence-electron chi connectivity index (χ0n) is 21.6. The molecule has 0 aliphatic heterocycles. The van der Waals surface area contributed by atoms with Crippen LogP contribution in [0.2, 0.25) is 10.0 Å². The number of hydrogen-bond acceptors (Lipinski definition) is 5. The molecule has 2 N–H and O–H groups in total. The van der Waals surface area contributed by atoms with Gasteiger partial charge in [-0.05, 0) is 49.5 Å². The minimum Gasteiger partial charge on any atom is -0.481 e. The third-order valence-electron chi connectivity index (χ3n) is 5.63. The van der Waals surface area contributed by atoms with E-state index in [1.807, 2.05) is 56.2 Å². The van der Waals surface area contributed by atoms with E-state index in [1.165, 1.54) is 0 Å². The van der Waals surface area contributed by atoms with Crippen molar-refractivity contribution in [2.45, 2.75) is 12.5 Å². The zero-order valence-corrected chi connectivity index (χ0v) is 23.2. The fourth-order valence-electron chi connectivity index (χ4n) is 3.69. The Kier molecular flexibility index (Phi) is 11.2. The Labute approximate surface area is 233 Å². The molecule has 0 aliphatic rings. The lowest BCUT2D eigenvalue weighted by atomic mass is 10.1. The van der Waals surface area contributed by atoms with Crippen molar-refractivity contribution in [2.75, 3.05) is 32.6 Å². The number of aliphatic carboxylic acids is 1. The predicted molar refractivity (Wildman–Crippen MR) is 154 cm³/mol. The monoisotopic (exact) mass is 554 g/mol. The molecule has 200 valence electrons. The Hall–Kier alpha value is -3.36. The molecule has 38 heavy (non-hydrogen) atoms. The summed E-state index contributed by atoms with van der Waals surface area (Å²) >= 11 is 12.1. The van der Waals surface area contributed by atoms with Crippen molar-refractivity contribution in [1.29, 1.82) is 0 Å². The lowest BCUT2D eigenvalue weighted by molar-refractivity contribution is -0.136. The summed E-state index contributed by atoms with van der Waals surface area (Å²) in [6, 6.07) is 24.6. The maximum Gasteiger partial charge on any atom is 0.307 e. The Morgan fingerprint density at radius 3 is 2.26 bits per heavy atom. The fraction of sp³-hybridized carbons (Fsp3) is 0.241. The van der Waals surface area contributed by atoms with Crippen LogP contribution in [0.3, 0.4) is 0 Å². The van der Waals surface area contributed by atoms with Crippen molar-refractivity contribution < 1.29 is 14.6 Å². The highest BCUT2D eigenvalue weighted by atomic mass is 35.5. The van der Waals surface area contributed by atoms with E-state index >= 15 is 0 Å². The van der Waals surface area contributed by atoms with Gasteiger partial charge in [0.25, 0.3) is 0 Å². The van der Waals surface area contributed by atoms with Gasteiger partial charge >= 0.3 is 5.97 Å². The second kappa shape index (κ2) is 14.5. The summed E-state index contributed by atoms with van der Waals surface area (Å²) in [5.74, 6) is -0.889. The number of aromatic nitrogens is 2. The van der Waals surface area contributed by atoms with Crippen LogP contribution in [-0.2, 0) is 23.0 Å². The van der Waals surface area contributed by atoms with Gasteiger partial charge in [-0.15, -0.1) is 0 Å². The zero-order chi connectivity index (χ0) is 27.5. The molecular formula is C29H32Cl2N4O3. The number of aryl methyl sites for hydroxylation is 1. The lowest BCUT2D eigenvalue weighted by Crippen LogP contribution is -2.20. The third-order valence-corrected chi connectivity index (χ3v) is 6.26. The van der Waals surface area contributed by atoms with Crippen LogP contribution < -0.4 is 5.32 Å². The van der Waals surface area contributed by atoms with Gasteiger partial charge < -0.3 is 20.1 Å². The van der Waals surface area contributed by atoms with Gasteiger partial charge in [-0.3, -0.25) is 9.48 Å². The average Bonchev–Trinajstić information content (AvgIpc) is 3.31. The van der Waals surface area contributed by atoms with Crippen LogP contribution in [0.4, 0.5) is 11.4 Å². The number of anilines is 2. The Morgan fingerprint density at radius 1 is 1.00 bits per heavy atom. The first-order valence-electron chi connectivity index (χ1n) is 12.1. The van der Waals surface area contributed by atoms with E-state index in [4.69, 9.17) is 33.0 Å². The molecule has 0 bridgehead atoms. The SMILES string of the molecule is CN(C)CCO[C@H](c1ccccc1)c1ccnn1C.O=C(O)Cc1ccccc1Nc1c(Cl)cccc1Cl. The molecule has 9 heteroatoms. The van der Waals surface area contributed by atoms with Crippen LogP contribution >= 0.6 is 23.2 Å². The largest absolute Gasteiger partial charge is 0.481 e. The van der Waals surface area contributed by atoms with E-state index in [0.717, 1.165) is 17.8 Å². The van der Waals surface area contributed by atoms with E-state index in [9.17, 15) is 4.79 Å². The molecule has 0 saturated carbocycles. The molecule has 0 unspecified atom stereocenters. The molecule has 0 aliphatic carbocycles. The summed E-state index contributed by atoms with van der Waals surface area (Å²) in [6.45, 7) is 1.60. The molecule has 0 fully saturated rings. The number of ether oxygens (including phenoxy) is 1. The summed E-state index contributed by atoms with van der Waals surface area (Å²) in [4.78, 5) is 12.9. The standard InChI is InChI=1S/C15H21N3O.C14H11Cl2NO2/c1-17(2)11-12-19-15(13-7-5-4-6-8-13)14-9-10-16-18(14)3;15-10-5-3-6-11(16)14(10)17-12-7-2-1-4-9(12)8-13(18)19/h4-10,15H,11-12H2,1-3H3;1-7,17H,8H2,(H,18,19)/t15-;/m1./s1. The number of halogens is 2. The number of carbonyl (C=O) groups is 1. The van der Waals surface area contributed by atoms with Gasteiger partial charge in [-0.25, -0.2) is 0 Å².